The van der Waals surface area contributed by atoms with Gasteiger partial charge in [-0.2, -0.15) is 0 Å². The average Bonchev–Trinajstić information content (AvgIpc) is 2.87. The number of rotatable bonds is 2. The summed E-state index contributed by atoms with van der Waals surface area (Å²) in [6, 6.07) is 8.20. The fourth-order valence-electron chi connectivity index (χ4n) is 3.48. The quantitative estimate of drug-likeness (QED) is 0.486. The third kappa shape index (κ3) is 2.88. The van der Waals surface area contributed by atoms with Crippen molar-refractivity contribution < 1.29 is 14.4 Å². The number of nitrogens with one attached hydrogen (secondary N) is 1. The number of aromatic nitrogens is 2. The summed E-state index contributed by atoms with van der Waals surface area (Å²) in [4.78, 5) is 19.8. The first-order chi connectivity index (χ1) is 14.0. The number of hydrogen-bond acceptors (Lipinski definition) is 8. The Balaban J connectivity index is 1.70. The van der Waals surface area contributed by atoms with Crippen molar-refractivity contribution in [1.82, 2.24) is 9.55 Å². The highest BCUT2D eigenvalue weighted by atomic mass is 35.5. The molecule has 1 atom stereocenters. The molecule has 3 N–H and O–H groups in total. The van der Waals surface area contributed by atoms with E-state index >= 15 is 0 Å². The van der Waals surface area contributed by atoms with Crippen molar-refractivity contribution in [1.29, 1.82) is 0 Å². The lowest BCUT2D eigenvalue weighted by molar-refractivity contribution is -0.384. The van der Waals surface area contributed by atoms with E-state index in [1.165, 1.54) is 12.1 Å². The number of ether oxygens (including phenoxy) is 2. The van der Waals surface area contributed by atoms with Crippen LogP contribution in [0.4, 0.5) is 11.6 Å². The Kier molecular flexibility index (Phi) is 3.95. The molecule has 148 valence electrons. The highest BCUT2D eigenvalue weighted by Gasteiger charge is 2.28. The van der Waals surface area contributed by atoms with Gasteiger partial charge in [0.1, 0.15) is 5.02 Å². The summed E-state index contributed by atoms with van der Waals surface area (Å²) in [7, 11) is 0. The van der Waals surface area contributed by atoms with E-state index in [0.717, 1.165) is 11.9 Å². The maximum atomic E-state index is 11.3. The smallest absolute Gasteiger partial charge is 0.288 e. The topological polar surface area (TPSA) is 130 Å². The number of hydrogen-bond donors (Lipinski definition) is 2. The number of anilines is 1. The second kappa shape index (κ2) is 6.52. The Morgan fingerprint density at radius 2 is 2.00 bits per heavy atom. The number of nitrogens with two attached hydrogens (primary N) is 1. The van der Waals surface area contributed by atoms with E-state index in [0.29, 0.717) is 41.7 Å². The first-order valence-electron chi connectivity index (χ1n) is 8.87. The van der Waals surface area contributed by atoms with Crippen LogP contribution >= 0.6 is 11.6 Å². The Morgan fingerprint density at radius 3 is 2.76 bits per heavy atom. The van der Waals surface area contributed by atoms with Crippen LogP contribution in [-0.4, -0.2) is 33.6 Å². The van der Waals surface area contributed by atoms with Crippen LogP contribution in [0.1, 0.15) is 18.2 Å². The maximum Gasteiger partial charge on any atom is 0.288 e. The van der Waals surface area contributed by atoms with Gasteiger partial charge in [-0.1, -0.05) is 17.7 Å². The van der Waals surface area contributed by atoms with E-state index in [-0.39, 0.29) is 16.7 Å². The summed E-state index contributed by atoms with van der Waals surface area (Å²) in [5, 5.41) is 14.3. The van der Waals surface area contributed by atoms with Crippen LogP contribution in [0.2, 0.25) is 5.02 Å². The summed E-state index contributed by atoms with van der Waals surface area (Å²) in [6.07, 6.45) is 0.133. The minimum atomic E-state index is -0.656. The predicted molar refractivity (Wildman–Crippen MR) is 107 cm³/mol. The lowest BCUT2D eigenvalue weighted by Gasteiger charge is -2.24. The molecule has 5 rings (SSSR count). The highest BCUT2D eigenvalue weighted by molar-refractivity contribution is 6.32. The van der Waals surface area contributed by atoms with Gasteiger partial charge in [0.05, 0.1) is 29.2 Å². The standard InChI is InChI=1S/C18H15ClN6O4/c19-10-3-2-9(6-12(10)25(26)27)16-22-17(20)23-18-21-11-7-14-15(8-13(11)24(16)18)29-5-1-4-28-14/h2-3,6-8,16H,1,4-5H2,(H3,20,21,22,23)/t16-/m1/s1. The van der Waals surface area contributed by atoms with Crippen LogP contribution in [-0.2, 0) is 0 Å². The van der Waals surface area contributed by atoms with Crippen molar-refractivity contribution in [2.75, 3.05) is 18.5 Å². The molecule has 3 heterocycles. The third-order valence-corrected chi connectivity index (χ3v) is 5.09. The van der Waals surface area contributed by atoms with E-state index in [9.17, 15) is 10.1 Å². The Morgan fingerprint density at radius 1 is 1.24 bits per heavy atom. The van der Waals surface area contributed by atoms with Crippen molar-refractivity contribution in [2.45, 2.75) is 12.6 Å². The van der Waals surface area contributed by atoms with Gasteiger partial charge >= 0.3 is 0 Å². The fraction of sp³-hybridized carbons (Fsp3) is 0.222. The molecule has 0 radical (unpaired) electrons. The number of guanidine groups is 1. The number of imidazole rings is 1. The summed E-state index contributed by atoms with van der Waals surface area (Å²) in [5.41, 5.74) is 7.69. The van der Waals surface area contributed by atoms with Gasteiger partial charge in [0.15, 0.2) is 23.6 Å². The van der Waals surface area contributed by atoms with Crippen molar-refractivity contribution in [3.05, 3.63) is 51.0 Å². The van der Waals surface area contributed by atoms with Crippen molar-refractivity contribution in [3.8, 4) is 11.5 Å². The zero-order valence-corrected chi connectivity index (χ0v) is 15.7. The van der Waals surface area contributed by atoms with Crippen LogP contribution in [0.15, 0.2) is 35.3 Å². The first-order valence-corrected chi connectivity index (χ1v) is 9.25. The van der Waals surface area contributed by atoms with Gasteiger partial charge in [-0.15, -0.1) is 0 Å². The molecule has 11 heteroatoms. The Labute approximate surface area is 169 Å². The Bertz CT molecular complexity index is 1190. The van der Waals surface area contributed by atoms with E-state index in [1.54, 1.807) is 12.1 Å². The molecule has 1 aromatic heterocycles. The number of benzene rings is 2. The number of nitrogens with zero attached hydrogens (tertiary/aromatic N) is 4. The molecule has 2 aliphatic heterocycles. The predicted octanol–water partition coefficient (Wildman–Crippen LogP) is 3.05. The molecule has 0 aliphatic carbocycles. The second-order valence-electron chi connectivity index (χ2n) is 6.62. The van der Waals surface area contributed by atoms with Gasteiger partial charge in [-0.05, 0) is 6.07 Å². The molecular weight excluding hydrogens is 400 g/mol. The molecule has 0 amide bonds. The lowest BCUT2D eigenvalue weighted by atomic mass is 10.1. The molecule has 0 bridgehead atoms. The molecule has 0 unspecified atom stereocenters. The highest BCUT2D eigenvalue weighted by Crippen LogP contribution is 2.40. The van der Waals surface area contributed by atoms with Crippen LogP contribution in [0, 0.1) is 10.1 Å². The van der Waals surface area contributed by atoms with Gasteiger partial charge in [0.25, 0.3) is 5.69 Å². The van der Waals surface area contributed by atoms with E-state index < -0.39 is 11.1 Å². The number of aliphatic imine (C=N–C) groups is 1. The van der Waals surface area contributed by atoms with Crippen LogP contribution in [0.25, 0.3) is 11.0 Å². The van der Waals surface area contributed by atoms with Crippen LogP contribution in [0.3, 0.4) is 0 Å². The van der Waals surface area contributed by atoms with Crippen LogP contribution in [0.5, 0.6) is 11.5 Å². The molecule has 0 saturated heterocycles. The SMILES string of the molecule is NC1=N[C@@H](c2ccc(Cl)c([N+](=O)[O-])c2)n2c(nc3cc4c(cc32)OCCCO4)N1. The minimum absolute atomic E-state index is 0.0521. The molecule has 0 saturated carbocycles. The first kappa shape index (κ1) is 17.6. The summed E-state index contributed by atoms with van der Waals surface area (Å²) in [6.45, 7) is 1.12. The molecule has 2 aromatic carbocycles. The zero-order chi connectivity index (χ0) is 20.1. The third-order valence-electron chi connectivity index (χ3n) is 4.77. The van der Waals surface area contributed by atoms with Crippen molar-refractivity contribution in [3.63, 3.8) is 0 Å². The minimum Gasteiger partial charge on any atom is -0.489 e. The number of halogens is 1. The molecule has 29 heavy (non-hydrogen) atoms. The monoisotopic (exact) mass is 414 g/mol. The summed E-state index contributed by atoms with van der Waals surface area (Å²) < 4.78 is 13.3. The van der Waals surface area contributed by atoms with Gasteiger partial charge in [-0.25, -0.2) is 9.98 Å². The van der Waals surface area contributed by atoms with Crippen LogP contribution < -0.4 is 20.5 Å². The maximum absolute atomic E-state index is 11.3. The van der Waals surface area contributed by atoms with Crippen molar-refractivity contribution >= 4 is 40.2 Å². The Hall–Kier alpha value is -3.53. The van der Waals surface area contributed by atoms with Crippen molar-refractivity contribution in [2.24, 2.45) is 10.7 Å². The lowest BCUT2D eigenvalue weighted by Crippen LogP contribution is -2.31. The van der Waals surface area contributed by atoms with Gasteiger partial charge in [0.2, 0.25) is 5.95 Å². The molecule has 2 aliphatic rings. The summed E-state index contributed by atoms with van der Waals surface area (Å²) >= 11 is 5.96. The molecular formula is C18H15ClN6O4. The largest absolute Gasteiger partial charge is 0.489 e. The molecule has 3 aromatic rings. The van der Waals surface area contributed by atoms with Gasteiger partial charge < -0.3 is 15.2 Å². The van der Waals surface area contributed by atoms with E-state index in [1.807, 2.05) is 10.6 Å². The number of fused-ring (bicyclic) bond motifs is 4. The molecule has 0 spiro atoms. The zero-order valence-electron chi connectivity index (χ0n) is 15.0. The molecule has 10 nitrogen and oxygen atoms in total. The fourth-order valence-corrected chi connectivity index (χ4v) is 3.66. The van der Waals surface area contributed by atoms with E-state index in [2.05, 4.69) is 15.3 Å². The molecule has 0 fully saturated rings. The number of nitro groups is 1. The second-order valence-corrected chi connectivity index (χ2v) is 7.03. The van der Waals surface area contributed by atoms with E-state index in [4.69, 9.17) is 26.8 Å². The normalized spacial score (nSPS) is 17.8. The summed E-state index contributed by atoms with van der Waals surface area (Å²) in [5.74, 6) is 1.86. The van der Waals surface area contributed by atoms with Gasteiger partial charge in [0, 0.05) is 30.2 Å². The van der Waals surface area contributed by atoms with Gasteiger partial charge in [-0.3, -0.25) is 20.0 Å². The number of nitro benzene ring substituents is 1. The average molecular weight is 415 g/mol.